The molecule has 0 aliphatic rings. The molecule has 0 spiro atoms. The van der Waals surface area contributed by atoms with Crippen LogP contribution in [-0.2, 0) is 6.42 Å². The van der Waals surface area contributed by atoms with Gasteiger partial charge >= 0.3 is 0 Å². The van der Waals surface area contributed by atoms with Crippen LogP contribution in [0, 0.1) is 0 Å². The highest BCUT2D eigenvalue weighted by Gasteiger charge is 2.12. The fourth-order valence-corrected chi connectivity index (χ4v) is 2.39. The Bertz CT molecular complexity index is 838. The Hall–Kier alpha value is -2.75. The molecule has 1 heterocycles. The molecule has 0 aliphatic carbocycles. The molecule has 0 amide bonds. The van der Waals surface area contributed by atoms with E-state index in [0.29, 0.717) is 28.6 Å². The Labute approximate surface area is 121 Å². The molecule has 0 unspecified atom stereocenters. The van der Waals surface area contributed by atoms with Crippen molar-refractivity contribution in [3.8, 4) is 11.5 Å². The predicted octanol–water partition coefficient (Wildman–Crippen LogP) is 2.83. The summed E-state index contributed by atoms with van der Waals surface area (Å²) in [6.07, 6.45) is 0.393. The van der Waals surface area contributed by atoms with Gasteiger partial charge in [-0.3, -0.25) is 4.79 Å². The zero-order chi connectivity index (χ0) is 14.8. The first-order valence-corrected chi connectivity index (χ1v) is 6.65. The number of aromatic amines is 1. The van der Waals surface area contributed by atoms with E-state index in [1.165, 1.54) is 0 Å². The quantitative estimate of drug-likeness (QED) is 0.776. The van der Waals surface area contributed by atoms with E-state index in [1.807, 2.05) is 30.3 Å². The van der Waals surface area contributed by atoms with Crippen LogP contribution in [0.2, 0.25) is 0 Å². The summed E-state index contributed by atoms with van der Waals surface area (Å²) in [6.45, 7) is 0. The number of hydrogen-bond donors (Lipinski definition) is 2. The van der Waals surface area contributed by atoms with Crippen LogP contribution in [0.25, 0.3) is 10.9 Å². The van der Waals surface area contributed by atoms with Gasteiger partial charge in [0.25, 0.3) is 5.56 Å². The zero-order valence-electron chi connectivity index (χ0n) is 11.6. The van der Waals surface area contributed by atoms with Gasteiger partial charge in [0.2, 0.25) is 0 Å². The Morgan fingerprint density at radius 2 is 1.90 bits per heavy atom. The van der Waals surface area contributed by atoms with Crippen LogP contribution in [-0.4, -0.2) is 17.2 Å². The molecule has 106 valence electrons. The summed E-state index contributed by atoms with van der Waals surface area (Å²) in [5.41, 5.74) is 1.63. The van der Waals surface area contributed by atoms with Crippen molar-refractivity contribution in [2.75, 3.05) is 7.11 Å². The van der Waals surface area contributed by atoms with E-state index < -0.39 is 0 Å². The molecule has 0 atom stereocenters. The number of aromatic nitrogens is 1. The van der Waals surface area contributed by atoms with Crippen LogP contribution in [0.4, 0.5) is 0 Å². The molecule has 4 heteroatoms. The summed E-state index contributed by atoms with van der Waals surface area (Å²) < 4.78 is 5.12. The van der Waals surface area contributed by atoms with Gasteiger partial charge in [-0.25, -0.2) is 0 Å². The first-order chi connectivity index (χ1) is 10.2. The van der Waals surface area contributed by atoms with E-state index in [9.17, 15) is 9.90 Å². The largest absolute Gasteiger partial charge is 0.507 e. The van der Waals surface area contributed by atoms with Gasteiger partial charge < -0.3 is 14.8 Å². The summed E-state index contributed by atoms with van der Waals surface area (Å²) in [4.78, 5) is 15.0. The first kappa shape index (κ1) is 13.2. The maximum absolute atomic E-state index is 12.2. The minimum absolute atomic E-state index is 0.0280. The standard InChI is InChI=1S/C17H15NO3/c1-21-12-7-8-13-15(10-12)18-17(20)14(16(13)19)9-11-5-3-2-4-6-11/h2-8,10H,9H2,1H3,(H2,18,19,20). The lowest BCUT2D eigenvalue weighted by Gasteiger charge is -2.09. The van der Waals surface area contributed by atoms with Crippen molar-refractivity contribution < 1.29 is 9.84 Å². The van der Waals surface area contributed by atoms with Gasteiger partial charge in [-0.15, -0.1) is 0 Å². The third-order valence-electron chi connectivity index (χ3n) is 3.51. The highest BCUT2D eigenvalue weighted by Crippen LogP contribution is 2.28. The summed E-state index contributed by atoms with van der Waals surface area (Å²) in [5.74, 6) is 0.661. The normalized spacial score (nSPS) is 10.7. The van der Waals surface area contributed by atoms with Crippen molar-refractivity contribution in [2.45, 2.75) is 6.42 Å². The van der Waals surface area contributed by atoms with E-state index in [0.717, 1.165) is 5.56 Å². The summed E-state index contributed by atoms with van der Waals surface area (Å²) >= 11 is 0. The Kier molecular flexibility index (Phi) is 3.36. The third kappa shape index (κ3) is 2.48. The second-order valence-corrected chi connectivity index (χ2v) is 4.86. The molecule has 0 aliphatic heterocycles. The van der Waals surface area contributed by atoms with Gasteiger partial charge in [-0.1, -0.05) is 30.3 Å². The number of rotatable bonds is 3. The van der Waals surface area contributed by atoms with Crippen LogP contribution < -0.4 is 10.3 Å². The summed E-state index contributed by atoms with van der Waals surface area (Å²) in [5, 5.41) is 11.0. The molecule has 0 saturated heterocycles. The molecule has 3 aromatic rings. The van der Waals surface area contributed by atoms with Crippen LogP contribution >= 0.6 is 0 Å². The summed E-state index contributed by atoms with van der Waals surface area (Å²) in [6, 6.07) is 14.8. The van der Waals surface area contributed by atoms with Crippen molar-refractivity contribution in [3.05, 3.63) is 70.0 Å². The van der Waals surface area contributed by atoms with Crippen LogP contribution in [0.3, 0.4) is 0 Å². The first-order valence-electron chi connectivity index (χ1n) is 6.65. The Morgan fingerprint density at radius 1 is 1.14 bits per heavy atom. The highest BCUT2D eigenvalue weighted by atomic mass is 16.5. The van der Waals surface area contributed by atoms with Crippen molar-refractivity contribution >= 4 is 10.9 Å². The minimum atomic E-state index is -0.280. The number of pyridine rings is 1. The van der Waals surface area contributed by atoms with E-state index in [1.54, 1.807) is 25.3 Å². The van der Waals surface area contributed by atoms with Crippen LogP contribution in [0.1, 0.15) is 11.1 Å². The van der Waals surface area contributed by atoms with Crippen molar-refractivity contribution in [1.29, 1.82) is 0 Å². The molecule has 4 nitrogen and oxygen atoms in total. The number of ether oxygens (including phenoxy) is 1. The second kappa shape index (κ2) is 5.32. The molecule has 0 fully saturated rings. The molecule has 1 aromatic heterocycles. The summed E-state index contributed by atoms with van der Waals surface area (Å²) in [7, 11) is 1.56. The fourth-order valence-electron chi connectivity index (χ4n) is 2.39. The fraction of sp³-hybridized carbons (Fsp3) is 0.118. The number of benzene rings is 2. The van der Waals surface area contributed by atoms with E-state index in [4.69, 9.17) is 4.74 Å². The minimum Gasteiger partial charge on any atom is -0.507 e. The zero-order valence-corrected chi connectivity index (χ0v) is 11.6. The maximum atomic E-state index is 12.2. The number of fused-ring (bicyclic) bond motifs is 1. The molecular formula is C17H15NO3. The second-order valence-electron chi connectivity index (χ2n) is 4.86. The number of methoxy groups -OCH3 is 1. The molecule has 3 rings (SSSR count). The molecule has 0 saturated carbocycles. The van der Waals surface area contributed by atoms with Crippen molar-refractivity contribution in [1.82, 2.24) is 4.98 Å². The molecule has 2 N–H and O–H groups in total. The van der Waals surface area contributed by atoms with Crippen molar-refractivity contribution in [3.63, 3.8) is 0 Å². The predicted molar refractivity (Wildman–Crippen MR) is 82.0 cm³/mol. The molecule has 0 bridgehead atoms. The lowest BCUT2D eigenvalue weighted by molar-refractivity contribution is 0.415. The smallest absolute Gasteiger partial charge is 0.255 e. The third-order valence-corrected chi connectivity index (χ3v) is 3.51. The van der Waals surface area contributed by atoms with Gasteiger partial charge in [0.05, 0.1) is 18.2 Å². The van der Waals surface area contributed by atoms with Gasteiger partial charge in [0.15, 0.2) is 0 Å². The Morgan fingerprint density at radius 3 is 2.62 bits per heavy atom. The topological polar surface area (TPSA) is 62.3 Å². The average molecular weight is 281 g/mol. The molecular weight excluding hydrogens is 266 g/mol. The van der Waals surface area contributed by atoms with Gasteiger partial charge in [0.1, 0.15) is 11.5 Å². The SMILES string of the molecule is COc1ccc2c(O)c(Cc3ccccc3)c(=O)[nH]c2c1. The lowest BCUT2D eigenvalue weighted by Crippen LogP contribution is -2.13. The number of hydrogen-bond acceptors (Lipinski definition) is 3. The van der Waals surface area contributed by atoms with E-state index in [-0.39, 0.29) is 11.3 Å². The molecule has 2 aromatic carbocycles. The van der Waals surface area contributed by atoms with Crippen LogP contribution in [0.15, 0.2) is 53.3 Å². The highest BCUT2D eigenvalue weighted by molar-refractivity contribution is 5.87. The molecule has 21 heavy (non-hydrogen) atoms. The van der Waals surface area contributed by atoms with E-state index >= 15 is 0 Å². The lowest BCUT2D eigenvalue weighted by atomic mass is 10.0. The monoisotopic (exact) mass is 281 g/mol. The van der Waals surface area contributed by atoms with E-state index in [2.05, 4.69) is 4.98 Å². The van der Waals surface area contributed by atoms with Gasteiger partial charge in [0, 0.05) is 17.9 Å². The van der Waals surface area contributed by atoms with Gasteiger partial charge in [-0.2, -0.15) is 0 Å². The number of aromatic hydroxyl groups is 1. The van der Waals surface area contributed by atoms with Crippen molar-refractivity contribution in [2.24, 2.45) is 0 Å². The Balaban J connectivity index is 2.14. The number of H-pyrrole nitrogens is 1. The number of nitrogens with one attached hydrogen (secondary N) is 1. The van der Waals surface area contributed by atoms with Gasteiger partial charge in [-0.05, 0) is 17.7 Å². The maximum Gasteiger partial charge on any atom is 0.255 e. The average Bonchev–Trinajstić information content (AvgIpc) is 2.52. The molecule has 0 radical (unpaired) electrons. The van der Waals surface area contributed by atoms with Crippen LogP contribution in [0.5, 0.6) is 11.5 Å².